The Kier molecular flexibility index (Phi) is 9.13. The van der Waals surface area contributed by atoms with E-state index >= 15 is 0 Å². The van der Waals surface area contributed by atoms with Crippen LogP contribution in [0.2, 0.25) is 0 Å². The molecule has 0 unspecified atom stereocenters. The molecule has 1 aliphatic rings. The number of carbonyl (C=O) groups excluding carboxylic acids is 1. The summed E-state index contributed by atoms with van der Waals surface area (Å²) >= 11 is 0. The molecule has 1 amide bonds. The van der Waals surface area contributed by atoms with Crippen molar-refractivity contribution < 1.29 is 14.3 Å². The highest BCUT2D eigenvalue weighted by Crippen LogP contribution is 2.25. The smallest absolute Gasteiger partial charge is 0.410 e. The number of imidazole rings is 1. The average molecular weight is 574 g/mol. The fraction of sp³-hybridized carbons (Fsp3) is 0.433. The van der Waals surface area contributed by atoms with Crippen molar-refractivity contribution in [2.45, 2.75) is 39.3 Å². The van der Waals surface area contributed by atoms with Gasteiger partial charge in [-0.3, -0.25) is 4.90 Å². The topological polar surface area (TPSA) is 133 Å². The van der Waals surface area contributed by atoms with Gasteiger partial charge in [-0.25, -0.2) is 24.7 Å². The lowest BCUT2D eigenvalue weighted by molar-refractivity contribution is 0.0139. The summed E-state index contributed by atoms with van der Waals surface area (Å²) in [5, 5.41) is 6.61. The molecule has 4 heterocycles. The number of hydrogen-bond acceptors (Lipinski definition) is 10. The summed E-state index contributed by atoms with van der Waals surface area (Å²) in [6.07, 6.45) is 4.02. The van der Waals surface area contributed by atoms with Gasteiger partial charge in [-0.1, -0.05) is 6.07 Å². The van der Waals surface area contributed by atoms with Crippen LogP contribution < -0.4 is 10.6 Å². The number of aromatic amines is 1. The highest BCUT2D eigenvalue weighted by molar-refractivity contribution is 5.83. The number of methoxy groups -OCH3 is 1. The number of benzene rings is 1. The molecule has 0 spiro atoms. The average Bonchev–Trinajstić information content (AvgIpc) is 3.37. The van der Waals surface area contributed by atoms with Gasteiger partial charge in [-0.15, -0.1) is 0 Å². The Bertz CT molecular complexity index is 1490. The van der Waals surface area contributed by atoms with Gasteiger partial charge in [0.25, 0.3) is 0 Å². The molecule has 42 heavy (non-hydrogen) atoms. The number of nitrogens with zero attached hydrogens (tertiary/aromatic N) is 6. The molecular formula is C30H39N9O3. The number of pyridine rings is 1. The number of nitrogens with one attached hydrogen (secondary N) is 3. The largest absolute Gasteiger partial charge is 0.444 e. The predicted octanol–water partition coefficient (Wildman–Crippen LogP) is 4.66. The quantitative estimate of drug-likeness (QED) is 0.230. The number of ether oxygens (including phenoxy) is 2. The molecule has 4 aromatic rings. The Hall–Kier alpha value is -4.29. The number of amides is 1. The molecule has 0 atom stereocenters. The maximum atomic E-state index is 12.4. The van der Waals surface area contributed by atoms with Crippen LogP contribution in [-0.4, -0.2) is 92.9 Å². The Labute approximate surface area is 245 Å². The van der Waals surface area contributed by atoms with E-state index in [0.717, 1.165) is 66.3 Å². The molecule has 1 fully saturated rings. The van der Waals surface area contributed by atoms with Crippen LogP contribution >= 0.6 is 0 Å². The van der Waals surface area contributed by atoms with Crippen LogP contribution in [-0.2, 0) is 16.0 Å². The van der Waals surface area contributed by atoms with E-state index in [-0.39, 0.29) is 6.09 Å². The number of hydrogen-bond donors (Lipinski definition) is 3. The fourth-order valence-corrected chi connectivity index (χ4v) is 4.71. The minimum atomic E-state index is -0.487. The Morgan fingerprint density at radius 2 is 1.86 bits per heavy atom. The fourth-order valence-electron chi connectivity index (χ4n) is 4.71. The lowest BCUT2D eigenvalue weighted by Gasteiger charge is -2.35. The van der Waals surface area contributed by atoms with E-state index in [0.29, 0.717) is 31.5 Å². The zero-order chi connectivity index (χ0) is 29.5. The van der Waals surface area contributed by atoms with Crippen LogP contribution in [0.1, 0.15) is 32.8 Å². The first-order chi connectivity index (χ1) is 20.3. The van der Waals surface area contributed by atoms with E-state index in [1.54, 1.807) is 24.5 Å². The second-order valence-electron chi connectivity index (χ2n) is 11.3. The summed E-state index contributed by atoms with van der Waals surface area (Å²) in [4.78, 5) is 37.8. The van der Waals surface area contributed by atoms with Crippen LogP contribution in [0.5, 0.6) is 0 Å². The molecule has 12 heteroatoms. The summed E-state index contributed by atoms with van der Waals surface area (Å²) in [6.45, 7) is 10.8. The Balaban J connectivity index is 1.19. The predicted molar refractivity (Wildman–Crippen MR) is 163 cm³/mol. The van der Waals surface area contributed by atoms with Gasteiger partial charge in [0.05, 0.1) is 16.7 Å². The second-order valence-corrected chi connectivity index (χ2v) is 11.3. The maximum absolute atomic E-state index is 12.4. The third kappa shape index (κ3) is 7.92. The number of carbonyl (C=O) groups is 1. The molecule has 1 aromatic carbocycles. The third-order valence-electron chi connectivity index (χ3n) is 6.78. The van der Waals surface area contributed by atoms with Crippen molar-refractivity contribution >= 4 is 34.7 Å². The zero-order valence-corrected chi connectivity index (χ0v) is 24.7. The first-order valence-electron chi connectivity index (χ1n) is 14.2. The summed E-state index contributed by atoms with van der Waals surface area (Å²) in [5.74, 6) is 2.10. The molecule has 1 aliphatic heterocycles. The van der Waals surface area contributed by atoms with Gasteiger partial charge in [0.2, 0.25) is 5.95 Å². The van der Waals surface area contributed by atoms with E-state index in [1.807, 2.05) is 57.2 Å². The van der Waals surface area contributed by atoms with Crippen molar-refractivity contribution in [3.05, 3.63) is 54.5 Å². The number of aromatic nitrogens is 5. The van der Waals surface area contributed by atoms with Gasteiger partial charge in [0.1, 0.15) is 23.6 Å². The molecule has 0 aliphatic carbocycles. The molecule has 12 nitrogen and oxygen atoms in total. The molecule has 3 aromatic heterocycles. The van der Waals surface area contributed by atoms with Crippen LogP contribution in [0.3, 0.4) is 0 Å². The normalized spacial score (nSPS) is 14.2. The molecule has 1 saturated heterocycles. The van der Waals surface area contributed by atoms with E-state index in [1.165, 1.54) is 0 Å². The summed E-state index contributed by atoms with van der Waals surface area (Å²) < 4.78 is 10.6. The number of anilines is 3. The SMILES string of the molecule is COCCCNc1cc(-c2ccc3nc(Nc4cc(CN5CCN(C(=O)OC(C)(C)C)CC5)ccn4)[nH]c3c2)ncn1. The lowest BCUT2D eigenvalue weighted by atomic mass is 10.1. The number of piperazine rings is 1. The summed E-state index contributed by atoms with van der Waals surface area (Å²) in [7, 11) is 1.70. The first kappa shape index (κ1) is 29.2. The Morgan fingerprint density at radius 3 is 2.64 bits per heavy atom. The van der Waals surface area contributed by atoms with Gasteiger partial charge in [0, 0.05) is 70.8 Å². The van der Waals surface area contributed by atoms with Crippen molar-refractivity contribution in [3.8, 4) is 11.3 Å². The van der Waals surface area contributed by atoms with Crippen molar-refractivity contribution in [2.24, 2.45) is 0 Å². The molecule has 0 radical (unpaired) electrons. The third-order valence-corrected chi connectivity index (χ3v) is 6.78. The van der Waals surface area contributed by atoms with Crippen LogP contribution in [0, 0.1) is 0 Å². The number of rotatable bonds is 10. The van der Waals surface area contributed by atoms with Gasteiger partial charge >= 0.3 is 6.09 Å². The molecule has 3 N–H and O–H groups in total. The first-order valence-corrected chi connectivity index (χ1v) is 14.2. The van der Waals surface area contributed by atoms with Crippen LogP contribution in [0.15, 0.2) is 48.9 Å². The minimum Gasteiger partial charge on any atom is -0.444 e. The molecule has 222 valence electrons. The number of fused-ring (bicyclic) bond motifs is 1. The van der Waals surface area contributed by atoms with E-state index in [9.17, 15) is 4.79 Å². The van der Waals surface area contributed by atoms with E-state index < -0.39 is 5.60 Å². The second kappa shape index (κ2) is 13.1. The van der Waals surface area contributed by atoms with Crippen molar-refractivity contribution in [2.75, 3.05) is 57.1 Å². The summed E-state index contributed by atoms with van der Waals surface area (Å²) in [5.41, 5.74) is 4.17. The zero-order valence-electron chi connectivity index (χ0n) is 24.7. The summed E-state index contributed by atoms with van der Waals surface area (Å²) in [6, 6.07) is 12.0. The maximum Gasteiger partial charge on any atom is 0.410 e. The van der Waals surface area contributed by atoms with Crippen LogP contribution in [0.4, 0.5) is 22.4 Å². The highest BCUT2D eigenvalue weighted by Gasteiger charge is 2.25. The molecule has 0 bridgehead atoms. The van der Waals surface area contributed by atoms with Crippen LogP contribution in [0.25, 0.3) is 22.3 Å². The lowest BCUT2D eigenvalue weighted by Crippen LogP contribution is -2.49. The van der Waals surface area contributed by atoms with E-state index in [2.05, 4.69) is 35.5 Å². The van der Waals surface area contributed by atoms with E-state index in [4.69, 9.17) is 14.5 Å². The molecule has 5 rings (SSSR count). The van der Waals surface area contributed by atoms with Crippen molar-refractivity contribution in [3.63, 3.8) is 0 Å². The van der Waals surface area contributed by atoms with Gasteiger partial charge in [0.15, 0.2) is 0 Å². The van der Waals surface area contributed by atoms with Crippen molar-refractivity contribution in [1.29, 1.82) is 0 Å². The number of H-pyrrole nitrogens is 1. The monoisotopic (exact) mass is 573 g/mol. The minimum absolute atomic E-state index is 0.247. The van der Waals surface area contributed by atoms with Gasteiger partial charge in [-0.2, -0.15) is 0 Å². The Morgan fingerprint density at radius 1 is 1.02 bits per heavy atom. The van der Waals surface area contributed by atoms with Crippen molar-refractivity contribution in [1.82, 2.24) is 34.7 Å². The van der Waals surface area contributed by atoms with Gasteiger partial charge in [-0.05, 0) is 57.0 Å². The standard InChI is InChI=1S/C30H39N9O3/c1-30(2,3)42-29(40)39-13-11-38(12-14-39)19-21-8-10-32-27(16-21)37-28-35-23-7-6-22(17-25(23)36-28)24-18-26(34-20-33-24)31-9-5-15-41-4/h6-8,10,16-18,20H,5,9,11-15,19H2,1-4H3,(H,31,33,34)(H2,32,35,36,37). The highest BCUT2D eigenvalue weighted by atomic mass is 16.6. The van der Waals surface area contributed by atoms with Gasteiger partial charge < -0.3 is 30.0 Å². The molecular weight excluding hydrogens is 534 g/mol. The molecule has 0 saturated carbocycles.